The number of nitrogens with zero attached hydrogens (tertiary/aromatic N) is 1. The van der Waals surface area contributed by atoms with Crippen LogP contribution in [0.3, 0.4) is 0 Å². The fraction of sp³-hybridized carbons (Fsp3) is 0.667. The summed E-state index contributed by atoms with van der Waals surface area (Å²) in [5.41, 5.74) is 1.69. The van der Waals surface area contributed by atoms with E-state index in [0.717, 1.165) is 39.5 Å². The zero-order valence-corrected chi connectivity index (χ0v) is 14.0. The fourth-order valence-corrected chi connectivity index (χ4v) is 3.86. The van der Waals surface area contributed by atoms with E-state index >= 15 is 0 Å². The number of carbonyl (C=O) groups is 1. The number of halogens is 3. The van der Waals surface area contributed by atoms with Gasteiger partial charge in [0.2, 0.25) is 0 Å². The Morgan fingerprint density at radius 2 is 2.29 bits per heavy atom. The molecule has 0 unspecified atom stereocenters. The van der Waals surface area contributed by atoms with E-state index in [-0.39, 0.29) is 5.41 Å². The Hall–Kier alpha value is -1.16. The highest BCUT2D eigenvalue weighted by atomic mass is 32.1. The van der Waals surface area contributed by atoms with Crippen LogP contribution in [0.25, 0.3) is 0 Å². The first-order valence-corrected chi connectivity index (χ1v) is 8.31. The minimum atomic E-state index is -5.08. The number of carboxylic acid groups (broad SMARTS) is 1. The van der Waals surface area contributed by atoms with Crippen molar-refractivity contribution in [2.75, 3.05) is 40.0 Å². The van der Waals surface area contributed by atoms with Crippen molar-refractivity contribution in [1.82, 2.24) is 4.90 Å². The highest BCUT2D eigenvalue weighted by Gasteiger charge is 2.50. The number of likely N-dealkylation sites (tertiary alicyclic amines) is 1. The predicted octanol–water partition coefficient (Wildman–Crippen LogP) is 2.48. The Balaban J connectivity index is 0.000000256. The molecule has 2 fully saturated rings. The number of hydrogen-bond acceptors (Lipinski definition) is 5. The summed E-state index contributed by atoms with van der Waals surface area (Å²) in [7, 11) is 1.80. The van der Waals surface area contributed by atoms with Crippen LogP contribution in [0, 0.1) is 11.3 Å². The number of ether oxygens (including phenoxy) is 2. The monoisotopic (exact) mass is 367 g/mol. The number of methoxy groups -OCH3 is 1. The zero-order valence-electron chi connectivity index (χ0n) is 13.2. The van der Waals surface area contributed by atoms with Gasteiger partial charge in [-0.2, -0.15) is 24.5 Å². The summed E-state index contributed by atoms with van der Waals surface area (Å²) < 4.78 is 42.8. The maximum Gasteiger partial charge on any atom is 0.490 e. The van der Waals surface area contributed by atoms with Crippen LogP contribution in [0.1, 0.15) is 5.56 Å². The van der Waals surface area contributed by atoms with Crippen LogP contribution in [0.4, 0.5) is 13.2 Å². The maximum absolute atomic E-state index is 10.6. The number of fused-ring (bicyclic) bond motifs is 1. The third-order valence-corrected chi connectivity index (χ3v) is 4.98. The molecule has 5 nitrogen and oxygen atoms in total. The molecular formula is C15H20F3NO4S. The summed E-state index contributed by atoms with van der Waals surface area (Å²) >= 11 is 1.78. The minimum Gasteiger partial charge on any atom is -0.475 e. The van der Waals surface area contributed by atoms with Gasteiger partial charge >= 0.3 is 12.1 Å². The largest absolute Gasteiger partial charge is 0.490 e. The molecule has 3 rings (SSSR count). The number of aliphatic carboxylic acids is 1. The maximum atomic E-state index is 10.6. The number of carboxylic acids is 1. The van der Waals surface area contributed by atoms with Crippen LogP contribution in [-0.4, -0.2) is 62.2 Å². The second-order valence-electron chi connectivity index (χ2n) is 6.11. The predicted molar refractivity (Wildman–Crippen MR) is 81.9 cm³/mol. The summed E-state index contributed by atoms with van der Waals surface area (Å²) in [5.74, 6) is -2.10. The second kappa shape index (κ2) is 7.81. The van der Waals surface area contributed by atoms with Crippen molar-refractivity contribution in [3.8, 4) is 0 Å². The van der Waals surface area contributed by atoms with Crippen LogP contribution in [0.15, 0.2) is 16.8 Å². The van der Waals surface area contributed by atoms with Gasteiger partial charge in [0.1, 0.15) is 0 Å². The number of alkyl halides is 3. The topological polar surface area (TPSA) is 59.0 Å². The molecule has 2 saturated heterocycles. The van der Waals surface area contributed by atoms with E-state index in [2.05, 4.69) is 21.7 Å². The molecule has 0 aliphatic carbocycles. The van der Waals surface area contributed by atoms with Crippen LogP contribution < -0.4 is 0 Å². The Morgan fingerprint density at radius 3 is 2.83 bits per heavy atom. The molecule has 0 spiro atoms. The number of hydrogen-bond donors (Lipinski definition) is 1. The van der Waals surface area contributed by atoms with Crippen LogP contribution in [-0.2, 0) is 20.8 Å². The molecule has 2 aliphatic rings. The molecule has 136 valence electrons. The van der Waals surface area contributed by atoms with Gasteiger partial charge in [0.25, 0.3) is 0 Å². The molecule has 1 aromatic rings. The summed E-state index contributed by atoms with van der Waals surface area (Å²) in [6.07, 6.45) is -5.08. The van der Waals surface area contributed by atoms with Gasteiger partial charge in [0.05, 0.1) is 19.8 Å². The lowest BCUT2D eigenvalue weighted by Crippen LogP contribution is -2.35. The van der Waals surface area contributed by atoms with E-state index in [0.29, 0.717) is 5.92 Å². The molecule has 1 N–H and O–H groups in total. The Morgan fingerprint density at radius 1 is 1.58 bits per heavy atom. The van der Waals surface area contributed by atoms with Crippen molar-refractivity contribution in [2.24, 2.45) is 11.3 Å². The lowest BCUT2D eigenvalue weighted by atomic mass is 9.82. The van der Waals surface area contributed by atoms with Gasteiger partial charge in [-0.15, -0.1) is 0 Å². The fourth-order valence-electron chi connectivity index (χ4n) is 3.20. The Kier molecular flexibility index (Phi) is 6.24. The van der Waals surface area contributed by atoms with Crippen LogP contribution in [0.2, 0.25) is 0 Å². The smallest absolute Gasteiger partial charge is 0.475 e. The first-order chi connectivity index (χ1) is 11.3. The van der Waals surface area contributed by atoms with Crippen molar-refractivity contribution in [3.63, 3.8) is 0 Å². The Bertz CT molecular complexity index is 537. The SMILES string of the molecule is COC[C@]12COC[C@H]1CN(Cc1ccsc1)C2.O=C(O)C(F)(F)F. The molecule has 24 heavy (non-hydrogen) atoms. The quantitative estimate of drug-likeness (QED) is 0.886. The second-order valence-corrected chi connectivity index (χ2v) is 6.89. The highest BCUT2D eigenvalue weighted by molar-refractivity contribution is 7.07. The molecule has 2 atom stereocenters. The van der Waals surface area contributed by atoms with Gasteiger partial charge in [0.15, 0.2) is 0 Å². The lowest BCUT2D eigenvalue weighted by Gasteiger charge is -2.26. The van der Waals surface area contributed by atoms with E-state index < -0.39 is 12.1 Å². The summed E-state index contributed by atoms with van der Waals surface area (Å²) in [4.78, 5) is 11.4. The average molecular weight is 367 g/mol. The molecule has 0 aromatic carbocycles. The molecule has 3 heterocycles. The molecule has 0 bridgehead atoms. The third kappa shape index (κ3) is 4.69. The average Bonchev–Trinajstić information content (AvgIpc) is 3.15. The van der Waals surface area contributed by atoms with Gasteiger partial charge < -0.3 is 14.6 Å². The van der Waals surface area contributed by atoms with Crippen LogP contribution in [0.5, 0.6) is 0 Å². The summed E-state index contributed by atoms with van der Waals surface area (Å²) in [6.45, 7) is 5.94. The van der Waals surface area contributed by atoms with Gasteiger partial charge in [-0.25, -0.2) is 4.79 Å². The van der Waals surface area contributed by atoms with Crippen LogP contribution >= 0.6 is 11.3 Å². The highest BCUT2D eigenvalue weighted by Crippen LogP contribution is 2.41. The molecule has 2 aliphatic heterocycles. The van der Waals surface area contributed by atoms with E-state index in [4.69, 9.17) is 19.4 Å². The third-order valence-electron chi connectivity index (χ3n) is 4.25. The normalized spacial score (nSPS) is 26.8. The molecule has 9 heteroatoms. The van der Waals surface area contributed by atoms with Gasteiger partial charge in [0, 0.05) is 38.1 Å². The zero-order chi connectivity index (χ0) is 17.8. The van der Waals surface area contributed by atoms with Gasteiger partial charge in [-0.05, 0) is 22.4 Å². The molecule has 1 aromatic heterocycles. The standard InChI is InChI=1S/C13H19NO2S.C2HF3O2/c1-15-9-13-8-14(4-11-2-3-17-7-11)5-12(13)6-16-10-13;3-2(4,5)1(6)7/h2-3,7,12H,4-6,8-10H2,1H3;(H,6,7)/t12-,13-;/m1./s1. The number of thiophene rings is 1. The van der Waals surface area contributed by atoms with Crippen molar-refractivity contribution in [3.05, 3.63) is 22.4 Å². The Labute approximate surface area is 142 Å². The number of rotatable bonds is 4. The van der Waals surface area contributed by atoms with E-state index in [1.54, 1.807) is 18.4 Å². The van der Waals surface area contributed by atoms with Crippen molar-refractivity contribution in [2.45, 2.75) is 12.7 Å². The van der Waals surface area contributed by atoms with Crippen molar-refractivity contribution < 1.29 is 32.5 Å². The molecule has 0 saturated carbocycles. The lowest BCUT2D eigenvalue weighted by molar-refractivity contribution is -0.192. The first-order valence-electron chi connectivity index (χ1n) is 7.37. The van der Waals surface area contributed by atoms with E-state index in [1.165, 1.54) is 5.56 Å². The van der Waals surface area contributed by atoms with Gasteiger partial charge in [-0.1, -0.05) is 0 Å². The van der Waals surface area contributed by atoms with E-state index in [9.17, 15) is 13.2 Å². The molecule has 0 radical (unpaired) electrons. The van der Waals surface area contributed by atoms with Crippen molar-refractivity contribution >= 4 is 17.3 Å². The van der Waals surface area contributed by atoms with Gasteiger partial charge in [-0.3, -0.25) is 4.90 Å². The van der Waals surface area contributed by atoms with Crippen molar-refractivity contribution in [1.29, 1.82) is 0 Å². The minimum absolute atomic E-state index is 0.255. The van der Waals surface area contributed by atoms with E-state index in [1.807, 2.05) is 0 Å². The summed E-state index contributed by atoms with van der Waals surface area (Å²) in [5, 5.41) is 11.5. The molecule has 0 amide bonds. The first kappa shape index (κ1) is 19.2. The summed E-state index contributed by atoms with van der Waals surface area (Å²) in [6, 6.07) is 2.22. The molecular weight excluding hydrogens is 347 g/mol.